The number of amides is 1. The first-order valence-electron chi connectivity index (χ1n) is 8.57. The van der Waals surface area contributed by atoms with Gasteiger partial charge in [0.25, 0.3) is 5.91 Å². The highest BCUT2D eigenvalue weighted by Gasteiger charge is 2.12. The number of para-hydroxylation sites is 1. The summed E-state index contributed by atoms with van der Waals surface area (Å²) in [4.78, 5) is 19.4. The molecule has 0 atom stereocenters. The van der Waals surface area contributed by atoms with E-state index in [2.05, 4.69) is 10.1 Å². The smallest absolute Gasteiger partial charge is 0.253 e. The Morgan fingerprint density at radius 2 is 1.89 bits per heavy atom. The lowest BCUT2D eigenvalue weighted by atomic mass is 10.2. The first kappa shape index (κ1) is 19.0. The summed E-state index contributed by atoms with van der Waals surface area (Å²) in [5.41, 5.74) is 0.648. The van der Waals surface area contributed by atoms with Gasteiger partial charge in [0.1, 0.15) is 12.4 Å². The number of aryl methyl sites for hydroxylation is 1. The fourth-order valence-corrected chi connectivity index (χ4v) is 3.11. The van der Waals surface area contributed by atoms with Crippen molar-refractivity contribution in [3.63, 3.8) is 0 Å². The normalized spacial score (nSPS) is 10.6. The van der Waals surface area contributed by atoms with Crippen LogP contribution in [0.5, 0.6) is 5.75 Å². The molecule has 3 aromatic rings. The Morgan fingerprint density at radius 3 is 2.56 bits per heavy atom. The molecule has 1 heterocycles. The predicted molar refractivity (Wildman–Crippen MR) is 104 cm³/mol. The van der Waals surface area contributed by atoms with Crippen LogP contribution in [0.25, 0.3) is 0 Å². The van der Waals surface area contributed by atoms with E-state index >= 15 is 0 Å². The zero-order valence-corrected chi connectivity index (χ0v) is 16.1. The van der Waals surface area contributed by atoms with Crippen molar-refractivity contribution < 1.29 is 14.1 Å². The van der Waals surface area contributed by atoms with E-state index in [0.717, 1.165) is 10.6 Å². The molecule has 27 heavy (non-hydrogen) atoms. The Bertz CT molecular complexity index is 866. The number of likely N-dealkylation sites (N-methyl/N-ethyl adjacent to an activating group) is 1. The van der Waals surface area contributed by atoms with Crippen LogP contribution in [-0.4, -0.2) is 41.1 Å². The molecule has 0 bridgehead atoms. The van der Waals surface area contributed by atoms with Crippen LogP contribution in [0.3, 0.4) is 0 Å². The molecule has 0 saturated heterocycles. The molecule has 2 aromatic carbocycles. The van der Waals surface area contributed by atoms with Crippen molar-refractivity contribution in [1.82, 2.24) is 15.0 Å². The fourth-order valence-electron chi connectivity index (χ4n) is 2.38. The SMILES string of the molecule is Cc1noc(CSc2ccc(C(=O)N(C)CCOc3ccccc3)cc2)n1. The molecule has 0 N–H and O–H groups in total. The molecule has 0 aliphatic rings. The van der Waals surface area contributed by atoms with Crippen molar-refractivity contribution in [2.75, 3.05) is 20.2 Å². The maximum atomic E-state index is 12.5. The summed E-state index contributed by atoms with van der Waals surface area (Å²) in [5.74, 6) is 2.60. The summed E-state index contributed by atoms with van der Waals surface area (Å²) in [5, 5.41) is 3.77. The van der Waals surface area contributed by atoms with Crippen LogP contribution in [0.15, 0.2) is 64.0 Å². The quantitative estimate of drug-likeness (QED) is 0.551. The van der Waals surface area contributed by atoms with Crippen LogP contribution in [0.2, 0.25) is 0 Å². The topological polar surface area (TPSA) is 68.5 Å². The lowest BCUT2D eigenvalue weighted by Gasteiger charge is -2.17. The lowest BCUT2D eigenvalue weighted by molar-refractivity contribution is 0.0773. The highest BCUT2D eigenvalue weighted by Crippen LogP contribution is 2.22. The highest BCUT2D eigenvalue weighted by molar-refractivity contribution is 7.98. The van der Waals surface area contributed by atoms with E-state index in [1.165, 1.54) is 0 Å². The van der Waals surface area contributed by atoms with Crippen molar-refractivity contribution in [3.8, 4) is 5.75 Å². The number of carbonyl (C=O) groups excluding carboxylic acids is 1. The van der Waals surface area contributed by atoms with Gasteiger partial charge >= 0.3 is 0 Å². The minimum absolute atomic E-state index is 0.0317. The zero-order valence-electron chi connectivity index (χ0n) is 15.3. The second-order valence-corrected chi connectivity index (χ2v) is 6.99. The molecule has 0 spiro atoms. The molecule has 6 nitrogen and oxygen atoms in total. The molecule has 7 heteroatoms. The monoisotopic (exact) mass is 383 g/mol. The average Bonchev–Trinajstić information content (AvgIpc) is 3.12. The van der Waals surface area contributed by atoms with Crippen LogP contribution >= 0.6 is 11.8 Å². The van der Waals surface area contributed by atoms with Crippen molar-refractivity contribution in [3.05, 3.63) is 71.9 Å². The fraction of sp³-hybridized carbons (Fsp3) is 0.250. The van der Waals surface area contributed by atoms with Crippen molar-refractivity contribution in [2.45, 2.75) is 17.6 Å². The van der Waals surface area contributed by atoms with Gasteiger partial charge in [0.2, 0.25) is 5.89 Å². The van der Waals surface area contributed by atoms with E-state index in [0.29, 0.717) is 36.2 Å². The molecule has 0 unspecified atom stereocenters. The van der Waals surface area contributed by atoms with Gasteiger partial charge in [-0.05, 0) is 43.3 Å². The first-order chi connectivity index (χ1) is 13.1. The second kappa shape index (κ2) is 9.23. The molecule has 0 aliphatic heterocycles. The van der Waals surface area contributed by atoms with Crippen molar-refractivity contribution in [1.29, 1.82) is 0 Å². The van der Waals surface area contributed by atoms with Crippen molar-refractivity contribution >= 4 is 17.7 Å². The largest absolute Gasteiger partial charge is 0.492 e. The molecule has 0 saturated carbocycles. The Morgan fingerprint density at radius 1 is 1.15 bits per heavy atom. The summed E-state index contributed by atoms with van der Waals surface area (Å²) in [6, 6.07) is 17.1. The van der Waals surface area contributed by atoms with Crippen LogP contribution in [-0.2, 0) is 5.75 Å². The van der Waals surface area contributed by atoms with Crippen LogP contribution < -0.4 is 4.74 Å². The third-order valence-corrected chi connectivity index (χ3v) is 4.82. The van der Waals surface area contributed by atoms with E-state index in [9.17, 15) is 4.79 Å². The maximum absolute atomic E-state index is 12.5. The van der Waals surface area contributed by atoms with E-state index in [1.54, 1.807) is 30.6 Å². The standard InChI is InChI=1S/C20H21N3O3S/c1-15-21-19(26-22-15)14-27-18-10-8-16(9-11-18)20(24)23(2)12-13-25-17-6-4-3-5-7-17/h3-11H,12-14H2,1-2H3. The van der Waals surface area contributed by atoms with Crippen LogP contribution in [0.1, 0.15) is 22.1 Å². The predicted octanol–water partition coefficient (Wildman–Crippen LogP) is 3.82. The minimum atomic E-state index is -0.0317. The maximum Gasteiger partial charge on any atom is 0.253 e. The molecule has 3 rings (SSSR count). The molecular formula is C20H21N3O3S. The van der Waals surface area contributed by atoms with Crippen LogP contribution in [0, 0.1) is 6.92 Å². The first-order valence-corrected chi connectivity index (χ1v) is 9.56. The van der Waals surface area contributed by atoms with Gasteiger partial charge in [-0.15, -0.1) is 11.8 Å². The number of aromatic nitrogens is 2. The van der Waals surface area contributed by atoms with Crippen molar-refractivity contribution in [2.24, 2.45) is 0 Å². The molecule has 1 aromatic heterocycles. The minimum Gasteiger partial charge on any atom is -0.492 e. The molecule has 0 fully saturated rings. The molecule has 1 amide bonds. The van der Waals surface area contributed by atoms with E-state index in [1.807, 2.05) is 54.6 Å². The summed E-state index contributed by atoms with van der Waals surface area (Å²) in [7, 11) is 1.78. The van der Waals surface area contributed by atoms with Gasteiger partial charge < -0.3 is 14.2 Å². The van der Waals surface area contributed by atoms with Gasteiger partial charge in [0.05, 0.1) is 12.3 Å². The molecule has 0 radical (unpaired) electrons. The average molecular weight is 383 g/mol. The number of thioether (sulfide) groups is 1. The number of nitrogens with zero attached hydrogens (tertiary/aromatic N) is 3. The van der Waals surface area contributed by atoms with Gasteiger partial charge in [0.15, 0.2) is 5.82 Å². The number of hydrogen-bond acceptors (Lipinski definition) is 6. The summed E-state index contributed by atoms with van der Waals surface area (Å²) in [6.07, 6.45) is 0. The Labute approximate surface area is 162 Å². The Kier molecular flexibility index (Phi) is 6.49. The third-order valence-electron chi connectivity index (χ3n) is 3.82. The molecular weight excluding hydrogens is 362 g/mol. The van der Waals surface area contributed by atoms with E-state index in [4.69, 9.17) is 9.26 Å². The highest BCUT2D eigenvalue weighted by atomic mass is 32.2. The van der Waals surface area contributed by atoms with Crippen LogP contribution in [0.4, 0.5) is 0 Å². The number of hydrogen-bond donors (Lipinski definition) is 0. The second-order valence-electron chi connectivity index (χ2n) is 5.94. The number of carbonyl (C=O) groups is 1. The van der Waals surface area contributed by atoms with E-state index < -0.39 is 0 Å². The Hall–Kier alpha value is -2.80. The molecule has 140 valence electrons. The number of rotatable bonds is 8. The summed E-state index contributed by atoms with van der Waals surface area (Å²) < 4.78 is 10.7. The number of ether oxygens (including phenoxy) is 1. The van der Waals surface area contributed by atoms with Gasteiger partial charge in [0, 0.05) is 17.5 Å². The summed E-state index contributed by atoms with van der Waals surface area (Å²) >= 11 is 1.59. The zero-order chi connectivity index (χ0) is 19.1. The summed E-state index contributed by atoms with van der Waals surface area (Å²) in [6.45, 7) is 2.75. The van der Waals surface area contributed by atoms with Gasteiger partial charge in [-0.2, -0.15) is 4.98 Å². The number of benzene rings is 2. The van der Waals surface area contributed by atoms with Gasteiger partial charge in [-0.3, -0.25) is 4.79 Å². The Balaban J connectivity index is 1.47. The van der Waals surface area contributed by atoms with Gasteiger partial charge in [-0.1, -0.05) is 23.4 Å². The third kappa shape index (κ3) is 5.59. The van der Waals surface area contributed by atoms with Gasteiger partial charge in [-0.25, -0.2) is 0 Å². The lowest BCUT2D eigenvalue weighted by Crippen LogP contribution is -2.30. The molecule has 0 aliphatic carbocycles. The van der Waals surface area contributed by atoms with E-state index in [-0.39, 0.29) is 5.91 Å².